The molecule has 10 nitrogen and oxygen atoms in total. The van der Waals surface area contributed by atoms with Crippen molar-refractivity contribution >= 4 is 29.6 Å². The molecule has 2 heterocycles. The highest BCUT2D eigenvalue weighted by atomic mass is 19.1. The van der Waals surface area contributed by atoms with Crippen LogP contribution in [0.2, 0.25) is 0 Å². The Balaban J connectivity index is 1.25. The second-order valence-electron chi connectivity index (χ2n) is 10.3. The molecule has 2 N–H and O–H groups in total. The first kappa shape index (κ1) is 25.1. The molecule has 0 bridgehead atoms. The van der Waals surface area contributed by atoms with Gasteiger partial charge in [-0.05, 0) is 61.1 Å². The molecule has 1 saturated heterocycles. The Morgan fingerprint density at radius 3 is 2.67 bits per heavy atom. The molecule has 0 radical (unpaired) electrons. The molecule has 2 atom stereocenters. The Morgan fingerprint density at radius 1 is 1.13 bits per heavy atom. The van der Waals surface area contributed by atoms with E-state index in [1.54, 1.807) is 4.90 Å². The number of amides is 5. The molecule has 4 aliphatic rings. The van der Waals surface area contributed by atoms with Crippen LogP contribution in [0.25, 0.3) is 0 Å². The third-order valence-electron chi connectivity index (χ3n) is 7.88. The second kappa shape index (κ2) is 9.21. The van der Waals surface area contributed by atoms with Crippen LogP contribution in [-0.4, -0.2) is 60.0 Å². The average Bonchev–Trinajstić information content (AvgIpc) is 3.68. The molecular formula is C27H26F2N4O6. The Hall–Kier alpha value is -4.22. The fourth-order valence-corrected chi connectivity index (χ4v) is 5.69. The summed E-state index contributed by atoms with van der Waals surface area (Å²) in [6.07, 6.45) is 1.21. The predicted octanol–water partition coefficient (Wildman–Crippen LogP) is 3.04. The number of carbonyl (C=O) groups excluding carboxylic acids is 4. The molecule has 5 amide bonds. The summed E-state index contributed by atoms with van der Waals surface area (Å²) in [6, 6.07) is 5.74. The Bertz CT molecular complexity index is 1410. The standard InChI is InChI=1S/C27H26F2N4O6/c1-30-25(36)31-20-9-15-6-7-27(18(15)10-19(20)29)24(35)33(26(37)39-27)12-23(34)32-11-16-8-17(28)4-5-22(16)38-13-21(32)14-2-3-14/h4-5,8-10,14,21H,2-3,6-7,11-13H2,1H3,(H2,30,31,36). The molecule has 2 unspecified atom stereocenters. The number of halogens is 2. The van der Waals surface area contributed by atoms with E-state index >= 15 is 0 Å². The molecule has 2 aliphatic heterocycles. The molecule has 1 spiro atoms. The monoisotopic (exact) mass is 540 g/mol. The fraction of sp³-hybridized carbons (Fsp3) is 0.407. The lowest BCUT2D eigenvalue weighted by Gasteiger charge is -2.30. The molecule has 204 valence electrons. The van der Waals surface area contributed by atoms with E-state index in [0.717, 1.165) is 23.8 Å². The van der Waals surface area contributed by atoms with Crippen molar-refractivity contribution in [3.63, 3.8) is 0 Å². The van der Waals surface area contributed by atoms with Crippen molar-refractivity contribution in [2.45, 2.75) is 43.9 Å². The number of urea groups is 1. The zero-order chi connectivity index (χ0) is 27.5. The number of imide groups is 1. The number of anilines is 1. The number of nitrogens with one attached hydrogen (secondary N) is 2. The molecule has 39 heavy (non-hydrogen) atoms. The van der Waals surface area contributed by atoms with Gasteiger partial charge in [0.15, 0.2) is 0 Å². The van der Waals surface area contributed by atoms with Gasteiger partial charge in [0.25, 0.3) is 5.91 Å². The van der Waals surface area contributed by atoms with Crippen LogP contribution < -0.4 is 15.4 Å². The minimum Gasteiger partial charge on any atom is -0.491 e. The number of ether oxygens (including phenoxy) is 2. The Morgan fingerprint density at radius 2 is 1.92 bits per heavy atom. The van der Waals surface area contributed by atoms with Gasteiger partial charge in [-0.2, -0.15) is 0 Å². The first-order valence-corrected chi connectivity index (χ1v) is 12.8. The van der Waals surface area contributed by atoms with Crippen LogP contribution in [0, 0.1) is 17.6 Å². The lowest BCUT2D eigenvalue weighted by molar-refractivity contribution is -0.143. The number of nitrogens with zero attached hydrogens (tertiary/aromatic N) is 2. The van der Waals surface area contributed by atoms with Crippen molar-refractivity contribution in [2.75, 3.05) is 25.5 Å². The van der Waals surface area contributed by atoms with Gasteiger partial charge < -0.3 is 25.0 Å². The van der Waals surface area contributed by atoms with Crippen LogP contribution in [0.15, 0.2) is 30.3 Å². The van der Waals surface area contributed by atoms with Gasteiger partial charge in [-0.15, -0.1) is 0 Å². The first-order chi connectivity index (χ1) is 18.7. The van der Waals surface area contributed by atoms with E-state index in [4.69, 9.17) is 9.47 Å². The maximum absolute atomic E-state index is 14.9. The minimum absolute atomic E-state index is 0.0693. The third kappa shape index (κ3) is 4.23. The minimum atomic E-state index is -1.74. The highest BCUT2D eigenvalue weighted by Gasteiger charge is 2.59. The zero-order valence-corrected chi connectivity index (χ0v) is 21.1. The van der Waals surface area contributed by atoms with Crippen LogP contribution in [0.5, 0.6) is 5.75 Å². The average molecular weight is 541 g/mol. The number of carbonyl (C=O) groups is 4. The SMILES string of the molecule is CNC(=O)Nc1cc2c(cc1F)C1(CC2)OC(=O)N(CC(=O)N2Cc3cc(F)ccc3OCC2C2CC2)C1=O. The summed E-state index contributed by atoms with van der Waals surface area (Å²) in [4.78, 5) is 54.1. The van der Waals surface area contributed by atoms with Gasteiger partial charge in [-0.25, -0.2) is 23.3 Å². The van der Waals surface area contributed by atoms with E-state index in [-0.39, 0.29) is 42.8 Å². The van der Waals surface area contributed by atoms with Crippen molar-refractivity contribution in [2.24, 2.45) is 5.92 Å². The Kier molecular flexibility index (Phi) is 5.92. The normalized spacial score (nSPS) is 23.6. The topological polar surface area (TPSA) is 117 Å². The molecule has 2 fully saturated rings. The van der Waals surface area contributed by atoms with E-state index in [0.29, 0.717) is 23.3 Å². The lowest BCUT2D eigenvalue weighted by Crippen LogP contribution is -2.49. The number of fused-ring (bicyclic) bond motifs is 3. The summed E-state index contributed by atoms with van der Waals surface area (Å²) >= 11 is 0. The highest BCUT2D eigenvalue weighted by Crippen LogP contribution is 2.47. The molecule has 1 saturated carbocycles. The van der Waals surface area contributed by atoms with Crippen molar-refractivity contribution in [1.82, 2.24) is 15.1 Å². The highest BCUT2D eigenvalue weighted by molar-refractivity contribution is 6.06. The molecule has 0 aromatic heterocycles. The van der Waals surface area contributed by atoms with E-state index in [2.05, 4.69) is 10.6 Å². The first-order valence-electron chi connectivity index (χ1n) is 12.8. The predicted molar refractivity (Wildman–Crippen MR) is 132 cm³/mol. The molecule has 2 aromatic carbocycles. The van der Waals surface area contributed by atoms with Gasteiger partial charge in [-0.1, -0.05) is 0 Å². The lowest BCUT2D eigenvalue weighted by atomic mass is 9.94. The largest absolute Gasteiger partial charge is 0.491 e. The van der Waals surface area contributed by atoms with Crippen LogP contribution in [0.4, 0.5) is 24.1 Å². The van der Waals surface area contributed by atoms with E-state index in [1.165, 1.54) is 31.3 Å². The number of rotatable bonds is 4. The van der Waals surface area contributed by atoms with Gasteiger partial charge >= 0.3 is 12.1 Å². The van der Waals surface area contributed by atoms with Crippen molar-refractivity contribution < 1.29 is 37.4 Å². The molecule has 2 aromatic rings. The summed E-state index contributed by atoms with van der Waals surface area (Å²) in [7, 11) is 1.39. The third-order valence-corrected chi connectivity index (χ3v) is 7.88. The molecule has 12 heteroatoms. The van der Waals surface area contributed by atoms with Crippen molar-refractivity contribution in [3.05, 3.63) is 58.7 Å². The summed E-state index contributed by atoms with van der Waals surface area (Å²) in [5, 5.41) is 4.72. The van der Waals surface area contributed by atoms with Crippen molar-refractivity contribution in [1.29, 1.82) is 0 Å². The number of hydrogen-bond donors (Lipinski definition) is 2. The Labute approximate surface area is 222 Å². The smallest absolute Gasteiger partial charge is 0.418 e. The van der Waals surface area contributed by atoms with Gasteiger partial charge in [0.1, 0.15) is 30.5 Å². The van der Waals surface area contributed by atoms with Gasteiger partial charge in [0.05, 0.1) is 11.7 Å². The van der Waals surface area contributed by atoms with Crippen LogP contribution in [0.1, 0.15) is 36.0 Å². The zero-order valence-electron chi connectivity index (χ0n) is 21.1. The second-order valence-corrected chi connectivity index (χ2v) is 10.3. The maximum atomic E-state index is 14.9. The quantitative estimate of drug-likeness (QED) is 0.616. The summed E-state index contributed by atoms with van der Waals surface area (Å²) < 4.78 is 40.2. The van der Waals surface area contributed by atoms with Gasteiger partial charge in [-0.3, -0.25) is 9.59 Å². The summed E-state index contributed by atoms with van der Waals surface area (Å²) in [5.41, 5.74) is -0.569. The number of aryl methyl sites for hydroxylation is 1. The summed E-state index contributed by atoms with van der Waals surface area (Å²) in [5.74, 6) is -1.79. The van der Waals surface area contributed by atoms with Crippen LogP contribution >= 0.6 is 0 Å². The van der Waals surface area contributed by atoms with Crippen LogP contribution in [-0.2, 0) is 32.9 Å². The van der Waals surface area contributed by atoms with E-state index in [1.807, 2.05) is 0 Å². The summed E-state index contributed by atoms with van der Waals surface area (Å²) in [6.45, 7) is -0.275. The van der Waals surface area contributed by atoms with E-state index in [9.17, 15) is 28.0 Å². The fourth-order valence-electron chi connectivity index (χ4n) is 5.69. The molecular weight excluding hydrogens is 514 g/mol. The number of benzene rings is 2. The number of hydrogen-bond acceptors (Lipinski definition) is 6. The van der Waals surface area contributed by atoms with Crippen LogP contribution in [0.3, 0.4) is 0 Å². The molecule has 2 aliphatic carbocycles. The van der Waals surface area contributed by atoms with Gasteiger partial charge in [0.2, 0.25) is 11.5 Å². The van der Waals surface area contributed by atoms with Crippen molar-refractivity contribution in [3.8, 4) is 5.75 Å². The maximum Gasteiger partial charge on any atom is 0.418 e. The van der Waals surface area contributed by atoms with Gasteiger partial charge in [0, 0.05) is 31.1 Å². The van der Waals surface area contributed by atoms with E-state index < -0.39 is 47.7 Å². The molecule has 6 rings (SSSR count).